The lowest BCUT2D eigenvalue weighted by molar-refractivity contribution is 0.393. The summed E-state index contributed by atoms with van der Waals surface area (Å²) in [5, 5.41) is 6.99. The zero-order valence-corrected chi connectivity index (χ0v) is 10.8. The third kappa shape index (κ3) is 3.82. The van der Waals surface area contributed by atoms with E-state index in [0.717, 1.165) is 24.6 Å². The maximum absolute atomic E-state index is 5.56. The Bertz CT molecular complexity index is 331. The SMILES string of the molecule is CCc1cnc(CNC(C)CC2CCCN2)o1. The molecular formula is C13H23N3O. The second-order valence-corrected chi connectivity index (χ2v) is 4.88. The Kier molecular flexibility index (Phi) is 4.57. The summed E-state index contributed by atoms with van der Waals surface area (Å²) in [5.41, 5.74) is 0. The van der Waals surface area contributed by atoms with Gasteiger partial charge in [0.15, 0.2) is 0 Å². The van der Waals surface area contributed by atoms with Crippen LogP contribution in [0.2, 0.25) is 0 Å². The molecule has 2 atom stereocenters. The molecule has 2 N–H and O–H groups in total. The van der Waals surface area contributed by atoms with Crippen molar-refractivity contribution in [3.8, 4) is 0 Å². The number of aryl methyl sites for hydroxylation is 1. The summed E-state index contributed by atoms with van der Waals surface area (Å²) in [7, 11) is 0. The summed E-state index contributed by atoms with van der Waals surface area (Å²) in [6.45, 7) is 6.21. The average Bonchev–Trinajstić information content (AvgIpc) is 2.96. The molecular weight excluding hydrogens is 214 g/mol. The maximum atomic E-state index is 5.56. The van der Waals surface area contributed by atoms with E-state index in [9.17, 15) is 0 Å². The van der Waals surface area contributed by atoms with Gasteiger partial charge in [0.25, 0.3) is 0 Å². The fourth-order valence-electron chi connectivity index (χ4n) is 2.32. The zero-order valence-electron chi connectivity index (χ0n) is 10.8. The maximum Gasteiger partial charge on any atom is 0.208 e. The van der Waals surface area contributed by atoms with Crippen molar-refractivity contribution >= 4 is 0 Å². The molecule has 4 nitrogen and oxygen atoms in total. The summed E-state index contributed by atoms with van der Waals surface area (Å²) in [5.74, 6) is 1.76. The van der Waals surface area contributed by atoms with Crippen LogP contribution in [0, 0.1) is 0 Å². The van der Waals surface area contributed by atoms with Crippen LogP contribution in [-0.2, 0) is 13.0 Å². The van der Waals surface area contributed by atoms with E-state index < -0.39 is 0 Å². The lowest BCUT2D eigenvalue weighted by atomic mass is 10.1. The molecule has 0 aliphatic carbocycles. The minimum absolute atomic E-state index is 0.502. The molecule has 2 unspecified atom stereocenters. The first kappa shape index (κ1) is 12.6. The van der Waals surface area contributed by atoms with E-state index in [4.69, 9.17) is 4.42 Å². The zero-order chi connectivity index (χ0) is 12.1. The molecule has 2 rings (SSSR count). The minimum Gasteiger partial charge on any atom is -0.444 e. The molecule has 0 aromatic carbocycles. The average molecular weight is 237 g/mol. The highest BCUT2D eigenvalue weighted by molar-refractivity contribution is 4.93. The molecule has 96 valence electrons. The molecule has 0 radical (unpaired) electrons. The van der Waals surface area contributed by atoms with Crippen LogP contribution in [0.4, 0.5) is 0 Å². The number of aromatic nitrogens is 1. The highest BCUT2D eigenvalue weighted by atomic mass is 16.4. The topological polar surface area (TPSA) is 50.1 Å². The van der Waals surface area contributed by atoms with Crippen molar-refractivity contribution < 1.29 is 4.42 Å². The Labute approximate surface area is 103 Å². The van der Waals surface area contributed by atoms with Crippen LogP contribution in [0.5, 0.6) is 0 Å². The van der Waals surface area contributed by atoms with Crippen LogP contribution in [0.3, 0.4) is 0 Å². The first-order valence-corrected chi connectivity index (χ1v) is 6.68. The standard InChI is InChI=1S/C13H23N3O/c1-3-12-8-16-13(17-12)9-15-10(2)7-11-5-4-6-14-11/h8,10-11,14-15H,3-7,9H2,1-2H3. The highest BCUT2D eigenvalue weighted by Crippen LogP contribution is 2.11. The largest absolute Gasteiger partial charge is 0.444 e. The molecule has 1 fully saturated rings. The van der Waals surface area contributed by atoms with Crippen molar-refractivity contribution in [2.75, 3.05) is 6.54 Å². The van der Waals surface area contributed by atoms with E-state index >= 15 is 0 Å². The number of hydrogen-bond donors (Lipinski definition) is 2. The summed E-state index contributed by atoms with van der Waals surface area (Å²) < 4.78 is 5.56. The van der Waals surface area contributed by atoms with Gasteiger partial charge < -0.3 is 15.1 Å². The number of nitrogens with one attached hydrogen (secondary N) is 2. The Hall–Kier alpha value is -0.870. The molecule has 1 aromatic heterocycles. The van der Waals surface area contributed by atoms with Crippen LogP contribution in [0.1, 0.15) is 44.8 Å². The van der Waals surface area contributed by atoms with E-state index in [1.807, 2.05) is 6.20 Å². The van der Waals surface area contributed by atoms with Gasteiger partial charge in [-0.2, -0.15) is 0 Å². The Morgan fingerprint density at radius 1 is 1.65 bits per heavy atom. The fraction of sp³-hybridized carbons (Fsp3) is 0.769. The molecule has 0 amide bonds. The van der Waals surface area contributed by atoms with E-state index in [1.54, 1.807) is 0 Å². The summed E-state index contributed by atoms with van der Waals surface area (Å²) in [6, 6.07) is 1.19. The van der Waals surface area contributed by atoms with Gasteiger partial charge in [-0.15, -0.1) is 0 Å². The predicted molar refractivity (Wildman–Crippen MR) is 67.8 cm³/mol. The van der Waals surface area contributed by atoms with Crippen molar-refractivity contribution in [2.45, 2.75) is 58.2 Å². The summed E-state index contributed by atoms with van der Waals surface area (Å²) >= 11 is 0. The minimum atomic E-state index is 0.502. The molecule has 1 aliphatic rings. The molecule has 0 saturated carbocycles. The second-order valence-electron chi connectivity index (χ2n) is 4.88. The summed E-state index contributed by atoms with van der Waals surface area (Å²) in [4.78, 5) is 4.25. The van der Waals surface area contributed by atoms with Gasteiger partial charge in [-0.25, -0.2) is 4.98 Å². The number of oxazole rings is 1. The molecule has 2 heterocycles. The van der Waals surface area contributed by atoms with E-state index in [-0.39, 0.29) is 0 Å². The first-order valence-electron chi connectivity index (χ1n) is 6.68. The molecule has 1 saturated heterocycles. The lowest BCUT2D eigenvalue weighted by Gasteiger charge is -2.17. The molecule has 0 bridgehead atoms. The Morgan fingerprint density at radius 3 is 3.18 bits per heavy atom. The van der Waals surface area contributed by atoms with E-state index in [2.05, 4.69) is 29.5 Å². The van der Waals surface area contributed by atoms with Crippen LogP contribution in [-0.4, -0.2) is 23.6 Å². The third-order valence-corrected chi connectivity index (χ3v) is 3.35. The van der Waals surface area contributed by atoms with Gasteiger partial charge in [-0.3, -0.25) is 0 Å². The number of nitrogens with zero attached hydrogens (tertiary/aromatic N) is 1. The van der Waals surface area contributed by atoms with Crippen molar-refractivity contribution in [2.24, 2.45) is 0 Å². The van der Waals surface area contributed by atoms with Gasteiger partial charge in [0, 0.05) is 18.5 Å². The summed E-state index contributed by atoms with van der Waals surface area (Å²) in [6.07, 6.45) is 6.54. The quantitative estimate of drug-likeness (QED) is 0.793. The van der Waals surface area contributed by atoms with Crippen molar-refractivity contribution in [3.05, 3.63) is 17.8 Å². The van der Waals surface area contributed by atoms with E-state index in [1.165, 1.54) is 25.8 Å². The van der Waals surface area contributed by atoms with Gasteiger partial charge in [-0.05, 0) is 32.7 Å². The lowest BCUT2D eigenvalue weighted by Crippen LogP contribution is -2.33. The van der Waals surface area contributed by atoms with E-state index in [0.29, 0.717) is 12.1 Å². The van der Waals surface area contributed by atoms with Crippen LogP contribution in [0.25, 0.3) is 0 Å². The molecule has 17 heavy (non-hydrogen) atoms. The van der Waals surface area contributed by atoms with Gasteiger partial charge in [0.05, 0.1) is 12.7 Å². The normalized spacial score (nSPS) is 21.9. The third-order valence-electron chi connectivity index (χ3n) is 3.35. The van der Waals surface area contributed by atoms with Crippen molar-refractivity contribution in [3.63, 3.8) is 0 Å². The monoisotopic (exact) mass is 237 g/mol. The first-order chi connectivity index (χ1) is 8.28. The van der Waals surface area contributed by atoms with Gasteiger partial charge in [0.2, 0.25) is 5.89 Å². The van der Waals surface area contributed by atoms with Gasteiger partial charge in [-0.1, -0.05) is 6.92 Å². The van der Waals surface area contributed by atoms with Crippen LogP contribution in [0.15, 0.2) is 10.6 Å². The van der Waals surface area contributed by atoms with Crippen LogP contribution < -0.4 is 10.6 Å². The van der Waals surface area contributed by atoms with Crippen molar-refractivity contribution in [1.29, 1.82) is 0 Å². The Morgan fingerprint density at radius 2 is 2.53 bits per heavy atom. The molecule has 1 aliphatic heterocycles. The van der Waals surface area contributed by atoms with Gasteiger partial charge >= 0.3 is 0 Å². The molecule has 0 spiro atoms. The van der Waals surface area contributed by atoms with Crippen LogP contribution >= 0.6 is 0 Å². The van der Waals surface area contributed by atoms with Crippen molar-refractivity contribution in [1.82, 2.24) is 15.6 Å². The molecule has 1 aromatic rings. The fourth-order valence-corrected chi connectivity index (χ4v) is 2.32. The second kappa shape index (κ2) is 6.17. The number of hydrogen-bond acceptors (Lipinski definition) is 4. The van der Waals surface area contributed by atoms with Gasteiger partial charge in [0.1, 0.15) is 5.76 Å². The predicted octanol–water partition coefficient (Wildman–Crippen LogP) is 1.86. The highest BCUT2D eigenvalue weighted by Gasteiger charge is 2.16. The number of rotatable bonds is 6. The smallest absolute Gasteiger partial charge is 0.208 e. The Balaban J connectivity index is 1.69. The molecule has 4 heteroatoms.